The number of H-pyrrole nitrogens is 1. The van der Waals surface area contributed by atoms with Gasteiger partial charge in [-0.25, -0.2) is 4.79 Å². The molecule has 0 fully saturated rings. The Morgan fingerprint density at radius 1 is 1.08 bits per heavy atom. The molecule has 0 saturated carbocycles. The Morgan fingerprint density at radius 2 is 1.79 bits per heavy atom. The molecule has 0 spiro atoms. The number of aromatic nitrogens is 5. The first-order valence-corrected chi connectivity index (χ1v) is 7.32. The third kappa shape index (κ3) is 1.82. The van der Waals surface area contributed by atoms with E-state index in [4.69, 9.17) is 4.74 Å². The average molecular weight is 325 g/mol. The predicted molar refractivity (Wildman–Crippen MR) is 89.5 cm³/mol. The molecule has 1 N–H and O–H groups in total. The fraction of sp³-hybridized carbons (Fsp3) is 0.188. The van der Waals surface area contributed by atoms with Crippen LogP contribution >= 0.6 is 0 Å². The smallest absolute Gasteiger partial charge is 0.329 e. The molecule has 1 aromatic carbocycles. The van der Waals surface area contributed by atoms with Crippen LogP contribution in [0.2, 0.25) is 0 Å². The van der Waals surface area contributed by atoms with Crippen LogP contribution in [0.25, 0.3) is 28.2 Å². The van der Waals surface area contributed by atoms with Crippen LogP contribution in [0.1, 0.15) is 0 Å². The van der Waals surface area contributed by atoms with Crippen molar-refractivity contribution < 1.29 is 4.74 Å². The van der Waals surface area contributed by atoms with Crippen LogP contribution in [-0.4, -0.2) is 30.6 Å². The summed E-state index contributed by atoms with van der Waals surface area (Å²) in [6, 6.07) is 7.63. The molecule has 0 saturated heterocycles. The van der Waals surface area contributed by atoms with Crippen molar-refractivity contribution in [2.75, 3.05) is 7.11 Å². The highest BCUT2D eigenvalue weighted by atomic mass is 16.5. The van der Waals surface area contributed by atoms with Crippen molar-refractivity contribution in [3.63, 3.8) is 0 Å². The Morgan fingerprint density at radius 3 is 2.46 bits per heavy atom. The van der Waals surface area contributed by atoms with Crippen molar-refractivity contribution in [1.29, 1.82) is 0 Å². The van der Waals surface area contributed by atoms with Gasteiger partial charge in [-0.3, -0.25) is 18.7 Å². The molecule has 0 aliphatic carbocycles. The summed E-state index contributed by atoms with van der Waals surface area (Å²) < 4.78 is 10.1. The average Bonchev–Trinajstić information content (AvgIpc) is 3.10. The fourth-order valence-electron chi connectivity index (χ4n) is 2.90. The van der Waals surface area contributed by atoms with Gasteiger partial charge in [0.1, 0.15) is 5.75 Å². The molecule has 3 heterocycles. The molecular weight excluding hydrogens is 310 g/mol. The molecule has 0 unspecified atom stereocenters. The quantitative estimate of drug-likeness (QED) is 0.593. The van der Waals surface area contributed by atoms with Crippen LogP contribution in [0.5, 0.6) is 5.75 Å². The number of methoxy groups -OCH3 is 1. The Labute approximate surface area is 135 Å². The first-order valence-electron chi connectivity index (χ1n) is 7.32. The highest BCUT2D eigenvalue weighted by Crippen LogP contribution is 2.25. The minimum absolute atomic E-state index is 0.350. The van der Waals surface area contributed by atoms with Crippen molar-refractivity contribution in [1.82, 2.24) is 23.5 Å². The number of rotatable bonds is 2. The van der Waals surface area contributed by atoms with Gasteiger partial charge >= 0.3 is 5.69 Å². The SMILES string of the molecule is COc1ccc(-c2cn3c4c(=O)[nH]c(=O)n(C)c4nc3n2C)cc1. The molecule has 4 aromatic rings. The third-order valence-corrected chi connectivity index (χ3v) is 4.23. The normalized spacial score (nSPS) is 11.5. The summed E-state index contributed by atoms with van der Waals surface area (Å²) in [6.07, 6.45) is 1.84. The highest BCUT2D eigenvalue weighted by Gasteiger charge is 2.17. The number of nitrogens with one attached hydrogen (secondary N) is 1. The fourth-order valence-corrected chi connectivity index (χ4v) is 2.90. The standard InChI is InChI=1S/C16H15N5O3/c1-19-11(9-4-6-10(24-3)7-5-9)8-21-12-13(17-15(19)21)20(2)16(23)18-14(12)22/h4-8H,1-3H3,(H,18,22,23). The number of hydrogen-bond acceptors (Lipinski definition) is 4. The van der Waals surface area contributed by atoms with Crippen LogP contribution in [0.15, 0.2) is 40.1 Å². The van der Waals surface area contributed by atoms with Gasteiger partial charge in [-0.05, 0) is 24.3 Å². The van der Waals surface area contributed by atoms with E-state index in [2.05, 4.69) is 9.97 Å². The Balaban J connectivity index is 2.03. The summed E-state index contributed by atoms with van der Waals surface area (Å²) in [6.45, 7) is 0. The second-order valence-electron chi connectivity index (χ2n) is 5.57. The minimum Gasteiger partial charge on any atom is -0.497 e. The predicted octanol–water partition coefficient (Wildman–Crippen LogP) is 0.889. The molecule has 0 aliphatic heterocycles. The second-order valence-corrected chi connectivity index (χ2v) is 5.57. The van der Waals surface area contributed by atoms with Gasteiger partial charge in [-0.2, -0.15) is 4.98 Å². The van der Waals surface area contributed by atoms with Crippen molar-refractivity contribution in [2.24, 2.45) is 14.1 Å². The number of benzene rings is 1. The van der Waals surface area contributed by atoms with Gasteiger partial charge < -0.3 is 9.30 Å². The minimum atomic E-state index is -0.480. The molecule has 0 atom stereocenters. The van der Waals surface area contributed by atoms with Crippen LogP contribution in [0.3, 0.4) is 0 Å². The Hall–Kier alpha value is -3.29. The van der Waals surface area contributed by atoms with Gasteiger partial charge in [0.05, 0.1) is 12.8 Å². The van der Waals surface area contributed by atoms with Crippen molar-refractivity contribution >= 4 is 16.9 Å². The number of hydrogen-bond donors (Lipinski definition) is 1. The number of ether oxygens (including phenoxy) is 1. The lowest BCUT2D eigenvalue weighted by atomic mass is 10.1. The Bertz CT molecular complexity index is 1190. The van der Waals surface area contributed by atoms with Crippen molar-refractivity contribution in [2.45, 2.75) is 0 Å². The summed E-state index contributed by atoms with van der Waals surface area (Å²) in [5.41, 5.74) is 1.64. The Kier molecular flexibility index (Phi) is 2.89. The van der Waals surface area contributed by atoms with E-state index < -0.39 is 11.2 Å². The molecule has 4 rings (SSSR count). The zero-order chi connectivity index (χ0) is 17.0. The first kappa shape index (κ1) is 14.3. The molecule has 0 radical (unpaired) electrons. The monoisotopic (exact) mass is 325 g/mol. The van der Waals surface area contributed by atoms with E-state index in [0.717, 1.165) is 17.0 Å². The number of nitrogens with zero attached hydrogens (tertiary/aromatic N) is 4. The zero-order valence-corrected chi connectivity index (χ0v) is 13.4. The van der Waals surface area contributed by atoms with Gasteiger partial charge in [0.2, 0.25) is 5.78 Å². The van der Waals surface area contributed by atoms with E-state index >= 15 is 0 Å². The molecule has 122 valence electrons. The van der Waals surface area contributed by atoms with E-state index in [9.17, 15) is 9.59 Å². The van der Waals surface area contributed by atoms with Crippen LogP contribution in [0, 0.1) is 0 Å². The lowest BCUT2D eigenvalue weighted by molar-refractivity contribution is 0.415. The van der Waals surface area contributed by atoms with Gasteiger partial charge in [0.25, 0.3) is 5.56 Å². The maximum atomic E-state index is 12.2. The van der Waals surface area contributed by atoms with Gasteiger partial charge in [-0.1, -0.05) is 0 Å². The third-order valence-electron chi connectivity index (χ3n) is 4.23. The lowest BCUT2D eigenvalue weighted by Gasteiger charge is -2.04. The number of imidazole rings is 2. The van der Waals surface area contributed by atoms with Crippen LogP contribution in [-0.2, 0) is 14.1 Å². The lowest BCUT2D eigenvalue weighted by Crippen LogP contribution is -2.28. The first-order chi connectivity index (χ1) is 11.5. The van der Waals surface area contributed by atoms with Crippen molar-refractivity contribution in [3.05, 3.63) is 51.3 Å². The van der Waals surface area contributed by atoms with E-state index in [-0.39, 0.29) is 0 Å². The zero-order valence-electron chi connectivity index (χ0n) is 13.4. The largest absolute Gasteiger partial charge is 0.497 e. The second kappa shape index (κ2) is 4.85. The van der Waals surface area contributed by atoms with Gasteiger partial charge in [-0.15, -0.1) is 0 Å². The van der Waals surface area contributed by atoms with Crippen LogP contribution < -0.4 is 16.0 Å². The molecule has 3 aromatic heterocycles. The molecule has 8 nitrogen and oxygen atoms in total. The number of aryl methyl sites for hydroxylation is 2. The molecule has 24 heavy (non-hydrogen) atoms. The van der Waals surface area contributed by atoms with Crippen LogP contribution in [0.4, 0.5) is 0 Å². The maximum Gasteiger partial charge on any atom is 0.329 e. The number of fused-ring (bicyclic) bond motifs is 3. The van der Waals surface area contributed by atoms with Gasteiger partial charge in [0, 0.05) is 25.9 Å². The molecular formula is C16H15N5O3. The summed E-state index contributed by atoms with van der Waals surface area (Å²) in [7, 11) is 5.07. The molecule has 0 aliphatic rings. The summed E-state index contributed by atoms with van der Waals surface area (Å²) in [5, 5.41) is 0. The molecule has 0 bridgehead atoms. The molecule has 0 amide bonds. The maximum absolute atomic E-state index is 12.2. The topological polar surface area (TPSA) is 86.3 Å². The van der Waals surface area contributed by atoms with E-state index in [1.807, 2.05) is 42.1 Å². The summed E-state index contributed by atoms with van der Waals surface area (Å²) in [4.78, 5) is 30.7. The van der Waals surface area contributed by atoms with E-state index in [0.29, 0.717) is 16.9 Å². The number of aromatic amines is 1. The summed E-state index contributed by atoms with van der Waals surface area (Å²) in [5.74, 6) is 1.36. The summed E-state index contributed by atoms with van der Waals surface area (Å²) >= 11 is 0. The van der Waals surface area contributed by atoms with Gasteiger partial charge in [0.15, 0.2) is 11.2 Å². The molecule has 8 heteroatoms. The van der Waals surface area contributed by atoms with Crippen molar-refractivity contribution in [3.8, 4) is 17.0 Å². The van der Waals surface area contributed by atoms with E-state index in [1.165, 1.54) is 4.57 Å². The van der Waals surface area contributed by atoms with E-state index in [1.54, 1.807) is 18.6 Å². The highest BCUT2D eigenvalue weighted by molar-refractivity contribution is 5.77.